The number of anilines is 1. The molecule has 6 nitrogen and oxygen atoms in total. The molecular weight excluding hydrogens is 504 g/mol. The molecule has 1 N–H and O–H groups in total. The smallest absolute Gasteiger partial charge is 0.292 e. The Morgan fingerprint density at radius 1 is 1.11 bits per heavy atom. The fourth-order valence-corrected chi connectivity index (χ4v) is 4.09. The van der Waals surface area contributed by atoms with E-state index in [0.29, 0.717) is 33.7 Å². The molecule has 188 valence electrons. The van der Waals surface area contributed by atoms with E-state index in [-0.39, 0.29) is 18.3 Å². The van der Waals surface area contributed by atoms with Crippen LogP contribution in [0.5, 0.6) is 5.75 Å². The Labute approximate surface area is 219 Å². The van der Waals surface area contributed by atoms with Crippen molar-refractivity contribution in [2.45, 2.75) is 46.8 Å². The van der Waals surface area contributed by atoms with Crippen molar-refractivity contribution >= 4 is 34.9 Å². The number of nitrogens with one attached hydrogen (secondary N) is 1. The molecule has 0 saturated heterocycles. The van der Waals surface area contributed by atoms with Crippen LogP contribution in [0.3, 0.4) is 0 Å². The fourth-order valence-electron chi connectivity index (χ4n) is 3.69. The van der Waals surface area contributed by atoms with E-state index in [1.165, 1.54) is 12.1 Å². The van der Waals surface area contributed by atoms with Gasteiger partial charge >= 0.3 is 0 Å². The predicted molar refractivity (Wildman–Crippen MR) is 139 cm³/mol. The summed E-state index contributed by atoms with van der Waals surface area (Å²) in [6.07, 6.45) is 0. The maximum atomic E-state index is 13.3. The molecule has 4 rings (SSSR count). The van der Waals surface area contributed by atoms with E-state index in [9.17, 15) is 9.18 Å². The van der Waals surface area contributed by atoms with Gasteiger partial charge < -0.3 is 14.5 Å². The topological polar surface area (TPSA) is 69.3 Å². The molecule has 0 spiro atoms. The summed E-state index contributed by atoms with van der Waals surface area (Å²) in [6.45, 7) is 8.42. The van der Waals surface area contributed by atoms with Crippen LogP contribution in [0.15, 0.2) is 52.9 Å². The number of amides is 1. The normalized spacial score (nSPS) is 11.2. The number of carbonyl (C=O) groups excluding carboxylic acids is 1. The van der Waals surface area contributed by atoms with Crippen LogP contribution in [-0.2, 0) is 13.2 Å². The Kier molecular flexibility index (Phi) is 7.71. The second kappa shape index (κ2) is 10.8. The summed E-state index contributed by atoms with van der Waals surface area (Å²) in [4.78, 5) is 12.7. The third-order valence-corrected chi connectivity index (χ3v) is 6.49. The number of hydrogen-bond donors (Lipinski definition) is 1. The highest BCUT2D eigenvalue weighted by atomic mass is 35.5. The van der Waals surface area contributed by atoms with Gasteiger partial charge in [0.1, 0.15) is 23.9 Å². The summed E-state index contributed by atoms with van der Waals surface area (Å²) in [7, 11) is 0. The van der Waals surface area contributed by atoms with E-state index in [4.69, 9.17) is 32.4 Å². The minimum absolute atomic E-state index is 0.138. The van der Waals surface area contributed by atoms with E-state index >= 15 is 0 Å². The first-order chi connectivity index (χ1) is 17.1. The molecule has 4 aromatic rings. The molecular formula is C27H26Cl2FN3O3. The van der Waals surface area contributed by atoms with Crippen LogP contribution in [0.25, 0.3) is 0 Å². The number of nitrogens with zero attached hydrogens (tertiary/aromatic N) is 2. The van der Waals surface area contributed by atoms with Gasteiger partial charge in [-0.15, -0.1) is 0 Å². The molecule has 9 heteroatoms. The highest BCUT2D eigenvalue weighted by Crippen LogP contribution is 2.32. The quantitative estimate of drug-likeness (QED) is 0.256. The van der Waals surface area contributed by atoms with Crippen molar-refractivity contribution in [2.24, 2.45) is 0 Å². The molecule has 1 amide bonds. The molecule has 0 aliphatic carbocycles. The maximum absolute atomic E-state index is 13.3. The number of halogens is 3. The standard InChI is InChI=1S/C27H26Cl2FN3O3/c1-15(2)21-12-22(28)16(3)9-25(21)35-14-20-7-8-24(36-20)27(34)31-26-10-17(4)33(32-26)13-18-5-6-19(30)11-23(18)29/h5-12,15H,13-14H2,1-4H3,(H,31,32,34). The van der Waals surface area contributed by atoms with E-state index in [0.717, 1.165) is 22.6 Å². The van der Waals surface area contributed by atoms with E-state index in [1.807, 2.05) is 26.0 Å². The van der Waals surface area contributed by atoms with E-state index in [1.54, 1.807) is 28.9 Å². The molecule has 2 aromatic heterocycles. The van der Waals surface area contributed by atoms with Gasteiger partial charge in [0.25, 0.3) is 5.91 Å². The number of hydrogen-bond acceptors (Lipinski definition) is 4. The highest BCUT2D eigenvalue weighted by molar-refractivity contribution is 6.31. The van der Waals surface area contributed by atoms with Gasteiger partial charge in [0.15, 0.2) is 11.6 Å². The lowest BCUT2D eigenvalue weighted by atomic mass is 10.0. The predicted octanol–water partition coefficient (Wildman–Crippen LogP) is 7.54. The average molecular weight is 530 g/mol. The summed E-state index contributed by atoms with van der Waals surface area (Å²) in [5.74, 6) is 1.14. The average Bonchev–Trinajstić information content (AvgIpc) is 3.42. The van der Waals surface area contributed by atoms with Gasteiger partial charge in [-0.05, 0) is 72.9 Å². The lowest BCUT2D eigenvalue weighted by Gasteiger charge is -2.15. The zero-order chi connectivity index (χ0) is 26.0. The monoisotopic (exact) mass is 529 g/mol. The molecule has 0 saturated carbocycles. The molecule has 0 radical (unpaired) electrons. The van der Waals surface area contributed by atoms with Crippen LogP contribution >= 0.6 is 23.2 Å². The first kappa shape index (κ1) is 25.8. The Hall–Kier alpha value is -3.29. The lowest BCUT2D eigenvalue weighted by Crippen LogP contribution is -2.12. The number of aromatic nitrogens is 2. The Bertz CT molecular complexity index is 1410. The third kappa shape index (κ3) is 5.91. The summed E-state index contributed by atoms with van der Waals surface area (Å²) < 4.78 is 26.7. The number of benzene rings is 2. The van der Waals surface area contributed by atoms with Crippen LogP contribution in [0.1, 0.15) is 58.5 Å². The second-order valence-corrected chi connectivity index (χ2v) is 9.68. The van der Waals surface area contributed by atoms with Gasteiger partial charge in [0, 0.05) is 21.8 Å². The summed E-state index contributed by atoms with van der Waals surface area (Å²) in [5.41, 5.74) is 3.45. The first-order valence-electron chi connectivity index (χ1n) is 11.4. The molecule has 0 unspecified atom stereocenters. The van der Waals surface area contributed by atoms with Crippen molar-refractivity contribution in [1.29, 1.82) is 0 Å². The van der Waals surface area contributed by atoms with Crippen molar-refractivity contribution in [1.82, 2.24) is 9.78 Å². The van der Waals surface area contributed by atoms with Gasteiger partial charge in [-0.2, -0.15) is 5.10 Å². The SMILES string of the molecule is Cc1cc(OCc2ccc(C(=O)Nc3cc(C)n(Cc4ccc(F)cc4Cl)n3)o2)c(C(C)C)cc1Cl. The molecule has 2 heterocycles. The van der Waals surface area contributed by atoms with Gasteiger partial charge in [0.05, 0.1) is 6.54 Å². The summed E-state index contributed by atoms with van der Waals surface area (Å²) in [6, 6.07) is 13.1. The number of aryl methyl sites for hydroxylation is 2. The van der Waals surface area contributed by atoms with Crippen LogP contribution < -0.4 is 10.1 Å². The van der Waals surface area contributed by atoms with Crippen molar-refractivity contribution < 1.29 is 18.3 Å². The number of rotatable bonds is 8. The minimum atomic E-state index is -0.434. The maximum Gasteiger partial charge on any atom is 0.292 e. The second-order valence-electron chi connectivity index (χ2n) is 8.87. The van der Waals surface area contributed by atoms with E-state index in [2.05, 4.69) is 24.3 Å². The van der Waals surface area contributed by atoms with E-state index < -0.39 is 11.7 Å². The molecule has 0 aliphatic rings. The van der Waals surface area contributed by atoms with Crippen LogP contribution in [-0.4, -0.2) is 15.7 Å². The molecule has 0 aliphatic heterocycles. The van der Waals surface area contributed by atoms with Crippen molar-refractivity contribution in [2.75, 3.05) is 5.32 Å². The lowest BCUT2D eigenvalue weighted by molar-refractivity contribution is 0.0992. The molecule has 2 aromatic carbocycles. The van der Waals surface area contributed by atoms with Gasteiger partial charge in [-0.25, -0.2) is 4.39 Å². The van der Waals surface area contributed by atoms with Crippen molar-refractivity contribution in [3.8, 4) is 5.75 Å². The van der Waals surface area contributed by atoms with Crippen LogP contribution in [0.2, 0.25) is 10.0 Å². The Balaban J connectivity index is 1.41. The Morgan fingerprint density at radius 2 is 1.89 bits per heavy atom. The number of carbonyl (C=O) groups is 1. The van der Waals surface area contributed by atoms with Gasteiger partial charge in [-0.1, -0.05) is 43.1 Å². The van der Waals surface area contributed by atoms with Gasteiger partial charge in [-0.3, -0.25) is 9.48 Å². The molecule has 0 fully saturated rings. The molecule has 36 heavy (non-hydrogen) atoms. The van der Waals surface area contributed by atoms with Gasteiger partial charge in [0.2, 0.25) is 0 Å². The minimum Gasteiger partial charge on any atom is -0.485 e. The van der Waals surface area contributed by atoms with Crippen LogP contribution in [0, 0.1) is 19.7 Å². The first-order valence-corrected chi connectivity index (χ1v) is 12.2. The zero-order valence-electron chi connectivity index (χ0n) is 20.4. The number of ether oxygens (including phenoxy) is 1. The number of furan rings is 1. The summed E-state index contributed by atoms with van der Waals surface area (Å²) >= 11 is 12.4. The summed E-state index contributed by atoms with van der Waals surface area (Å²) in [5, 5.41) is 8.16. The van der Waals surface area contributed by atoms with Crippen LogP contribution in [0.4, 0.5) is 10.2 Å². The molecule has 0 atom stereocenters. The Morgan fingerprint density at radius 3 is 2.61 bits per heavy atom. The molecule has 0 bridgehead atoms. The third-order valence-electron chi connectivity index (χ3n) is 5.73. The van der Waals surface area contributed by atoms with Crippen molar-refractivity contribution in [3.63, 3.8) is 0 Å². The largest absolute Gasteiger partial charge is 0.485 e. The zero-order valence-corrected chi connectivity index (χ0v) is 21.9. The fraction of sp³-hybridized carbons (Fsp3) is 0.259. The highest BCUT2D eigenvalue weighted by Gasteiger charge is 2.16. The van der Waals surface area contributed by atoms with Crippen molar-refractivity contribution in [3.05, 3.63) is 98.3 Å².